The summed E-state index contributed by atoms with van der Waals surface area (Å²) in [6.45, 7) is 1.13. The Morgan fingerprint density at radius 3 is 2.86 bits per heavy atom. The average molecular weight is 324 g/mol. The zero-order valence-electron chi connectivity index (χ0n) is 13.1. The quantitative estimate of drug-likeness (QED) is 0.419. The molecule has 1 aromatic heterocycles. The van der Waals surface area contributed by atoms with Crippen LogP contribution in [-0.2, 0) is 0 Å². The number of nitrogens with zero attached hydrogens (tertiary/aromatic N) is 1. The number of aliphatic imine (C=N–C) groups is 1. The molecule has 1 fully saturated rings. The standard InChI is InChI=1S/C15H24N4O2S/c1-16-15(19-11-5-6-12(10-11)22-2)18-8-7-17-14(20)13-4-3-9-21-13/h3-4,9,11-12H,5-8,10H2,1-2H3,(H,17,20)(H2,16,18,19). The minimum absolute atomic E-state index is 0.201. The van der Waals surface area contributed by atoms with Crippen molar-refractivity contribution in [2.75, 3.05) is 26.4 Å². The number of carbonyl (C=O) groups is 1. The predicted molar refractivity (Wildman–Crippen MR) is 90.5 cm³/mol. The van der Waals surface area contributed by atoms with Gasteiger partial charge in [0, 0.05) is 31.4 Å². The van der Waals surface area contributed by atoms with Crippen molar-refractivity contribution < 1.29 is 9.21 Å². The second kappa shape index (κ2) is 8.73. The van der Waals surface area contributed by atoms with Crippen LogP contribution in [-0.4, -0.2) is 49.6 Å². The van der Waals surface area contributed by atoms with Crippen molar-refractivity contribution in [1.29, 1.82) is 0 Å². The molecule has 1 heterocycles. The van der Waals surface area contributed by atoms with Crippen LogP contribution in [0.15, 0.2) is 27.8 Å². The third-order valence-electron chi connectivity index (χ3n) is 3.73. The van der Waals surface area contributed by atoms with Gasteiger partial charge in [-0.2, -0.15) is 11.8 Å². The molecule has 1 amide bonds. The van der Waals surface area contributed by atoms with Gasteiger partial charge < -0.3 is 20.4 Å². The molecule has 0 radical (unpaired) electrons. The lowest BCUT2D eigenvalue weighted by molar-refractivity contribution is 0.0926. The topological polar surface area (TPSA) is 78.7 Å². The maximum absolute atomic E-state index is 11.7. The van der Waals surface area contributed by atoms with Gasteiger partial charge in [-0.1, -0.05) is 0 Å². The van der Waals surface area contributed by atoms with Crippen LogP contribution in [0.3, 0.4) is 0 Å². The average Bonchev–Trinajstić information content (AvgIpc) is 3.21. The van der Waals surface area contributed by atoms with E-state index in [0.717, 1.165) is 11.2 Å². The van der Waals surface area contributed by atoms with Crippen LogP contribution in [0.4, 0.5) is 0 Å². The molecule has 1 aliphatic rings. The van der Waals surface area contributed by atoms with Gasteiger partial charge in [0.1, 0.15) is 0 Å². The number of hydrogen-bond donors (Lipinski definition) is 3. The Bertz CT molecular complexity index is 490. The van der Waals surface area contributed by atoms with Gasteiger partial charge in [0.2, 0.25) is 0 Å². The molecule has 6 nitrogen and oxygen atoms in total. The van der Waals surface area contributed by atoms with Crippen LogP contribution in [0, 0.1) is 0 Å². The van der Waals surface area contributed by atoms with Crippen LogP contribution in [0.1, 0.15) is 29.8 Å². The van der Waals surface area contributed by atoms with E-state index >= 15 is 0 Å². The summed E-state index contributed by atoms with van der Waals surface area (Å²) in [5, 5.41) is 10.2. The molecular weight excluding hydrogens is 300 g/mol. The Balaban J connectivity index is 1.63. The van der Waals surface area contributed by atoms with Gasteiger partial charge in [-0.05, 0) is 37.7 Å². The highest BCUT2D eigenvalue weighted by molar-refractivity contribution is 7.99. The Hall–Kier alpha value is -1.63. The summed E-state index contributed by atoms with van der Waals surface area (Å²) < 4.78 is 5.03. The first-order valence-electron chi connectivity index (χ1n) is 7.54. The van der Waals surface area contributed by atoms with Crippen LogP contribution in [0.2, 0.25) is 0 Å². The zero-order valence-corrected chi connectivity index (χ0v) is 13.9. The largest absolute Gasteiger partial charge is 0.459 e. The zero-order chi connectivity index (χ0) is 15.8. The highest BCUT2D eigenvalue weighted by atomic mass is 32.2. The summed E-state index contributed by atoms with van der Waals surface area (Å²) in [6.07, 6.45) is 7.28. The monoisotopic (exact) mass is 324 g/mol. The van der Waals surface area contributed by atoms with Gasteiger partial charge >= 0.3 is 0 Å². The molecule has 0 aromatic carbocycles. The first kappa shape index (κ1) is 16.7. The molecule has 0 aliphatic heterocycles. The van der Waals surface area contributed by atoms with E-state index in [1.165, 1.54) is 25.5 Å². The second-order valence-electron chi connectivity index (χ2n) is 5.24. The molecule has 2 atom stereocenters. The molecule has 2 rings (SSSR count). The van der Waals surface area contributed by atoms with Crippen molar-refractivity contribution in [2.24, 2.45) is 4.99 Å². The minimum atomic E-state index is -0.201. The molecule has 1 aromatic rings. The minimum Gasteiger partial charge on any atom is -0.459 e. The van der Waals surface area contributed by atoms with E-state index in [-0.39, 0.29) is 5.91 Å². The Kier molecular flexibility index (Phi) is 6.64. The first-order chi connectivity index (χ1) is 10.7. The number of guanidine groups is 1. The number of rotatable bonds is 6. The molecule has 22 heavy (non-hydrogen) atoms. The molecule has 2 unspecified atom stereocenters. The lowest BCUT2D eigenvalue weighted by Gasteiger charge is -2.17. The highest BCUT2D eigenvalue weighted by Gasteiger charge is 2.24. The molecule has 7 heteroatoms. The van der Waals surface area contributed by atoms with Crippen molar-refractivity contribution >= 4 is 23.6 Å². The summed E-state index contributed by atoms with van der Waals surface area (Å²) >= 11 is 1.94. The van der Waals surface area contributed by atoms with Gasteiger partial charge in [-0.15, -0.1) is 0 Å². The number of amides is 1. The number of thioether (sulfide) groups is 1. The van der Waals surface area contributed by atoms with Crippen LogP contribution < -0.4 is 16.0 Å². The summed E-state index contributed by atoms with van der Waals surface area (Å²) in [5.74, 6) is 0.920. The molecule has 0 bridgehead atoms. The van der Waals surface area contributed by atoms with E-state index in [1.807, 2.05) is 11.8 Å². The number of hydrogen-bond acceptors (Lipinski definition) is 4. The lowest BCUT2D eigenvalue weighted by atomic mass is 10.2. The smallest absolute Gasteiger partial charge is 0.287 e. The normalized spacial score (nSPS) is 21.6. The van der Waals surface area contributed by atoms with Crippen molar-refractivity contribution in [1.82, 2.24) is 16.0 Å². The summed E-state index contributed by atoms with van der Waals surface area (Å²) in [7, 11) is 1.76. The second-order valence-corrected chi connectivity index (χ2v) is 6.38. The van der Waals surface area contributed by atoms with Crippen molar-refractivity contribution in [3.05, 3.63) is 24.2 Å². The Labute approximate surface area is 135 Å². The molecule has 122 valence electrons. The van der Waals surface area contributed by atoms with E-state index in [2.05, 4.69) is 27.2 Å². The molecule has 1 aliphatic carbocycles. The van der Waals surface area contributed by atoms with E-state index in [9.17, 15) is 4.79 Å². The fraction of sp³-hybridized carbons (Fsp3) is 0.600. The highest BCUT2D eigenvalue weighted by Crippen LogP contribution is 2.27. The number of nitrogens with one attached hydrogen (secondary N) is 3. The maximum atomic E-state index is 11.7. The van der Waals surface area contributed by atoms with Crippen molar-refractivity contribution in [3.8, 4) is 0 Å². The van der Waals surface area contributed by atoms with Crippen molar-refractivity contribution in [2.45, 2.75) is 30.6 Å². The van der Waals surface area contributed by atoms with Gasteiger partial charge in [0.05, 0.1) is 6.26 Å². The van der Waals surface area contributed by atoms with E-state index in [4.69, 9.17) is 4.42 Å². The summed E-state index contributed by atoms with van der Waals surface area (Å²) in [6, 6.07) is 3.83. The van der Waals surface area contributed by atoms with Crippen LogP contribution in [0.5, 0.6) is 0 Å². The van der Waals surface area contributed by atoms with Gasteiger partial charge in [-0.3, -0.25) is 9.79 Å². The van der Waals surface area contributed by atoms with Crippen LogP contribution in [0.25, 0.3) is 0 Å². The molecule has 0 spiro atoms. The third kappa shape index (κ3) is 4.98. The predicted octanol–water partition coefficient (Wildman–Crippen LogP) is 1.46. The SMILES string of the molecule is CN=C(NCCNC(=O)c1ccco1)NC1CCC(SC)C1. The molecule has 1 saturated carbocycles. The van der Waals surface area contributed by atoms with E-state index in [0.29, 0.717) is 24.9 Å². The molecular formula is C15H24N4O2S. The molecule has 3 N–H and O–H groups in total. The first-order valence-corrected chi connectivity index (χ1v) is 8.83. The fourth-order valence-corrected chi connectivity index (χ4v) is 3.32. The van der Waals surface area contributed by atoms with Gasteiger partial charge in [-0.25, -0.2) is 0 Å². The number of carbonyl (C=O) groups excluding carboxylic acids is 1. The summed E-state index contributed by atoms with van der Waals surface area (Å²) in [5.41, 5.74) is 0. The third-order valence-corrected chi connectivity index (χ3v) is 4.83. The number of furan rings is 1. The Morgan fingerprint density at radius 1 is 1.41 bits per heavy atom. The van der Waals surface area contributed by atoms with Crippen LogP contribution >= 0.6 is 11.8 Å². The van der Waals surface area contributed by atoms with Crippen molar-refractivity contribution in [3.63, 3.8) is 0 Å². The van der Waals surface area contributed by atoms with Gasteiger partial charge in [0.25, 0.3) is 5.91 Å². The lowest BCUT2D eigenvalue weighted by Crippen LogP contribution is -2.45. The maximum Gasteiger partial charge on any atom is 0.287 e. The molecule has 0 saturated heterocycles. The van der Waals surface area contributed by atoms with Gasteiger partial charge in [0.15, 0.2) is 11.7 Å². The van der Waals surface area contributed by atoms with E-state index in [1.54, 1.807) is 19.2 Å². The van der Waals surface area contributed by atoms with E-state index < -0.39 is 0 Å². The Morgan fingerprint density at radius 2 is 2.23 bits per heavy atom. The fourth-order valence-electron chi connectivity index (χ4n) is 2.53. The summed E-state index contributed by atoms with van der Waals surface area (Å²) in [4.78, 5) is 15.9.